The molecule has 0 unspecified atom stereocenters. The average Bonchev–Trinajstić information content (AvgIpc) is 2.68. The van der Waals surface area contributed by atoms with Crippen molar-refractivity contribution in [2.45, 2.75) is 46.6 Å². The molecule has 4 rings (SSSR count). The Labute approximate surface area is 185 Å². The summed E-state index contributed by atoms with van der Waals surface area (Å²) in [6, 6.07) is 4.24. The molecule has 6 heteroatoms. The Morgan fingerprint density at radius 3 is 2.47 bits per heavy atom. The highest BCUT2D eigenvalue weighted by Gasteiger charge is 2.28. The van der Waals surface area contributed by atoms with Gasteiger partial charge in [-0.2, -0.15) is 0 Å². The normalized spacial score (nSPS) is 14.2. The van der Waals surface area contributed by atoms with E-state index in [2.05, 4.69) is 0 Å². The Bertz CT molecular complexity index is 1370. The summed E-state index contributed by atoms with van der Waals surface area (Å²) in [6.45, 7) is 9.30. The molecule has 0 radical (unpaired) electrons. The van der Waals surface area contributed by atoms with Crippen molar-refractivity contribution in [2.75, 3.05) is 0 Å². The van der Waals surface area contributed by atoms with Crippen LogP contribution in [0.4, 0.5) is 0 Å². The topological polar surface area (TPSA) is 100 Å². The maximum absolute atomic E-state index is 13.6. The smallest absolute Gasteiger partial charge is 0.200 e. The van der Waals surface area contributed by atoms with Crippen molar-refractivity contribution in [3.05, 3.63) is 62.8 Å². The van der Waals surface area contributed by atoms with E-state index in [0.29, 0.717) is 22.4 Å². The summed E-state index contributed by atoms with van der Waals surface area (Å²) in [6.07, 6.45) is 5.80. The number of phenolic OH excluding ortho intramolecular Hbond substituents is 3. The van der Waals surface area contributed by atoms with Gasteiger partial charge in [-0.1, -0.05) is 11.6 Å². The molecule has 3 N–H and O–H groups in total. The summed E-state index contributed by atoms with van der Waals surface area (Å²) in [5.41, 5.74) is 1.88. The summed E-state index contributed by atoms with van der Waals surface area (Å²) < 4.78 is 12.2. The van der Waals surface area contributed by atoms with Crippen LogP contribution in [0.2, 0.25) is 0 Å². The molecule has 0 saturated heterocycles. The van der Waals surface area contributed by atoms with E-state index in [9.17, 15) is 20.1 Å². The first kappa shape index (κ1) is 21.6. The van der Waals surface area contributed by atoms with E-state index < -0.39 is 5.60 Å². The van der Waals surface area contributed by atoms with Crippen LogP contribution in [0.1, 0.15) is 44.4 Å². The number of hydrogen-bond acceptors (Lipinski definition) is 6. The molecule has 0 amide bonds. The molecule has 1 aliphatic heterocycles. The monoisotopic (exact) mass is 434 g/mol. The van der Waals surface area contributed by atoms with Gasteiger partial charge in [0.15, 0.2) is 5.58 Å². The second-order valence-electron chi connectivity index (χ2n) is 8.93. The number of rotatable bonds is 3. The first-order valence-electron chi connectivity index (χ1n) is 10.4. The van der Waals surface area contributed by atoms with E-state index in [-0.39, 0.29) is 51.4 Å². The van der Waals surface area contributed by atoms with Crippen LogP contribution in [0.5, 0.6) is 23.0 Å². The van der Waals surface area contributed by atoms with Crippen molar-refractivity contribution in [1.82, 2.24) is 0 Å². The zero-order valence-electron chi connectivity index (χ0n) is 18.7. The Balaban J connectivity index is 2.12. The molecule has 0 saturated carbocycles. The van der Waals surface area contributed by atoms with Gasteiger partial charge in [0, 0.05) is 17.7 Å². The molecule has 0 spiro atoms. The fraction of sp³-hybridized carbons (Fsp3) is 0.269. The molecular weight excluding hydrogens is 408 g/mol. The van der Waals surface area contributed by atoms with E-state index in [4.69, 9.17) is 9.15 Å². The third-order valence-electron chi connectivity index (χ3n) is 5.54. The summed E-state index contributed by atoms with van der Waals surface area (Å²) in [5.74, 6) is 0.0888. The quantitative estimate of drug-likeness (QED) is 0.466. The molecule has 3 aromatic rings. The van der Waals surface area contributed by atoms with Crippen molar-refractivity contribution < 1.29 is 24.5 Å². The van der Waals surface area contributed by atoms with Crippen LogP contribution in [0.25, 0.3) is 28.4 Å². The van der Waals surface area contributed by atoms with Crippen LogP contribution in [0.15, 0.2) is 45.1 Å². The molecule has 6 nitrogen and oxygen atoms in total. The van der Waals surface area contributed by atoms with Gasteiger partial charge in [0.05, 0.1) is 11.1 Å². The van der Waals surface area contributed by atoms with Gasteiger partial charge in [-0.25, -0.2) is 0 Å². The molecule has 2 heterocycles. The summed E-state index contributed by atoms with van der Waals surface area (Å²) in [4.78, 5) is 13.6. The Hall–Kier alpha value is -3.67. The standard InChI is InChI=1S/C26H26O6/c1-13(2)6-7-16-23(30)22-20(29)12-21-15(8-9-26(4,5)32-21)25(22)31-24(16)17-10-14(3)18(27)11-19(17)28/h6,8-12,27-29H,7H2,1-5H3. The highest BCUT2D eigenvalue weighted by molar-refractivity contribution is 5.95. The summed E-state index contributed by atoms with van der Waals surface area (Å²) in [7, 11) is 0. The number of aromatic hydroxyl groups is 3. The van der Waals surface area contributed by atoms with E-state index in [0.717, 1.165) is 5.57 Å². The summed E-state index contributed by atoms with van der Waals surface area (Å²) in [5, 5.41) is 31.3. The lowest BCUT2D eigenvalue weighted by molar-refractivity contribution is 0.158. The number of hydrogen-bond donors (Lipinski definition) is 3. The van der Waals surface area contributed by atoms with E-state index in [1.165, 1.54) is 12.1 Å². The number of allylic oxidation sites excluding steroid dienone is 2. The second kappa shape index (κ2) is 7.48. The zero-order chi connectivity index (χ0) is 23.4. The zero-order valence-corrected chi connectivity index (χ0v) is 18.7. The summed E-state index contributed by atoms with van der Waals surface area (Å²) >= 11 is 0. The molecule has 1 aliphatic rings. The second-order valence-corrected chi connectivity index (χ2v) is 8.93. The van der Waals surface area contributed by atoms with Crippen LogP contribution in [0, 0.1) is 6.92 Å². The molecule has 0 atom stereocenters. The molecule has 2 aromatic carbocycles. The third-order valence-corrected chi connectivity index (χ3v) is 5.54. The van der Waals surface area contributed by atoms with Crippen molar-refractivity contribution >= 4 is 17.0 Å². The molecule has 0 fully saturated rings. The molecule has 0 aliphatic carbocycles. The lowest BCUT2D eigenvalue weighted by Gasteiger charge is -2.28. The van der Waals surface area contributed by atoms with E-state index in [1.54, 1.807) is 13.0 Å². The number of aryl methyl sites for hydroxylation is 1. The van der Waals surface area contributed by atoms with Gasteiger partial charge < -0.3 is 24.5 Å². The third kappa shape index (κ3) is 3.62. The van der Waals surface area contributed by atoms with Gasteiger partial charge in [0.1, 0.15) is 39.7 Å². The fourth-order valence-corrected chi connectivity index (χ4v) is 3.80. The highest BCUT2D eigenvalue weighted by Crippen LogP contribution is 2.43. The van der Waals surface area contributed by atoms with Gasteiger partial charge in [-0.15, -0.1) is 0 Å². The van der Waals surface area contributed by atoms with Gasteiger partial charge in [-0.05, 0) is 64.8 Å². The van der Waals surface area contributed by atoms with Crippen molar-refractivity contribution in [1.29, 1.82) is 0 Å². The number of phenols is 3. The van der Waals surface area contributed by atoms with E-state index >= 15 is 0 Å². The van der Waals surface area contributed by atoms with Gasteiger partial charge in [0.2, 0.25) is 5.43 Å². The van der Waals surface area contributed by atoms with Crippen LogP contribution in [-0.4, -0.2) is 20.9 Å². The van der Waals surface area contributed by atoms with Crippen LogP contribution >= 0.6 is 0 Å². The van der Waals surface area contributed by atoms with Crippen molar-refractivity contribution in [3.8, 4) is 34.3 Å². The predicted octanol–water partition coefficient (Wildman–Crippen LogP) is 5.58. The number of ether oxygens (including phenoxy) is 1. The maximum Gasteiger partial charge on any atom is 0.200 e. The average molecular weight is 434 g/mol. The van der Waals surface area contributed by atoms with Crippen LogP contribution in [-0.2, 0) is 6.42 Å². The molecule has 166 valence electrons. The maximum atomic E-state index is 13.6. The van der Waals surface area contributed by atoms with Crippen molar-refractivity contribution in [2.24, 2.45) is 0 Å². The predicted molar refractivity (Wildman–Crippen MR) is 125 cm³/mol. The molecule has 1 aromatic heterocycles. The molecular formula is C26H26O6. The Kier molecular flexibility index (Phi) is 5.04. The van der Waals surface area contributed by atoms with Crippen molar-refractivity contribution in [3.63, 3.8) is 0 Å². The fourth-order valence-electron chi connectivity index (χ4n) is 3.80. The minimum Gasteiger partial charge on any atom is -0.508 e. The minimum atomic E-state index is -0.577. The molecule has 32 heavy (non-hydrogen) atoms. The molecule has 0 bridgehead atoms. The van der Waals surface area contributed by atoms with Gasteiger partial charge >= 0.3 is 0 Å². The number of benzene rings is 2. The largest absolute Gasteiger partial charge is 0.508 e. The van der Waals surface area contributed by atoms with Gasteiger partial charge in [0.25, 0.3) is 0 Å². The first-order valence-corrected chi connectivity index (χ1v) is 10.4. The van der Waals surface area contributed by atoms with Crippen LogP contribution in [0.3, 0.4) is 0 Å². The highest BCUT2D eigenvalue weighted by atomic mass is 16.5. The number of fused-ring (bicyclic) bond motifs is 3. The Morgan fingerprint density at radius 2 is 1.78 bits per heavy atom. The van der Waals surface area contributed by atoms with Crippen LogP contribution < -0.4 is 10.2 Å². The SMILES string of the molecule is CC(C)=CCc1c(-c2cc(C)c(O)cc2O)oc2c3c(cc(O)c2c1=O)OC(C)(C)C=C3. The minimum absolute atomic E-state index is 0.0613. The van der Waals surface area contributed by atoms with Gasteiger partial charge in [-0.3, -0.25) is 4.79 Å². The van der Waals surface area contributed by atoms with E-state index in [1.807, 2.05) is 45.9 Å². The Morgan fingerprint density at radius 1 is 1.06 bits per heavy atom. The lowest BCUT2D eigenvalue weighted by atomic mass is 9.96. The lowest BCUT2D eigenvalue weighted by Crippen LogP contribution is -2.27. The first-order chi connectivity index (χ1) is 15.0.